The molecule has 10 heavy (non-hydrogen) atoms. The van der Waals surface area contributed by atoms with Crippen LogP contribution in [0.2, 0.25) is 0 Å². The van der Waals surface area contributed by atoms with E-state index >= 15 is 0 Å². The Bertz CT molecular complexity index is 99.6. The first-order chi connectivity index (χ1) is 4.81. The van der Waals surface area contributed by atoms with Crippen molar-refractivity contribution in [1.82, 2.24) is 0 Å². The summed E-state index contributed by atoms with van der Waals surface area (Å²) in [4.78, 5) is 10.6. The summed E-state index contributed by atoms with van der Waals surface area (Å²) in [5.74, 6) is 0.689. The Balaban J connectivity index is 3.05. The van der Waals surface area contributed by atoms with Gasteiger partial charge in [0.2, 0.25) is 0 Å². The number of carbonyl (C=O) groups excluding carboxylic acids is 1. The third kappa shape index (κ3) is 6.25. The minimum atomic E-state index is -0.242. The maximum absolute atomic E-state index is 10.6. The van der Waals surface area contributed by atoms with Crippen molar-refractivity contribution >= 4 is 27.8 Å². The Hall–Kier alpha value is 0.130. The van der Waals surface area contributed by atoms with Crippen molar-refractivity contribution < 1.29 is 8.98 Å². The number of hydrogen-bond donors (Lipinski definition) is 1. The third-order valence-corrected chi connectivity index (χ3v) is 2.43. The van der Waals surface area contributed by atoms with Crippen molar-refractivity contribution in [2.75, 3.05) is 12.3 Å². The topological polar surface area (TPSA) is 52.3 Å². The van der Waals surface area contributed by atoms with Gasteiger partial charge in [0, 0.05) is 12.3 Å². The molecule has 0 atom stereocenters. The molecule has 60 valence electrons. The summed E-state index contributed by atoms with van der Waals surface area (Å²) in [7, 11) is 1.50. The standard InChI is InChI=1S/C5H11NO2S2/c1-2-9-10-8-5(7)3-4-6/h2-4,6H2,1H3. The molecule has 0 rings (SSSR count). The largest absolute Gasteiger partial charge is 0.379 e. The van der Waals surface area contributed by atoms with Crippen LogP contribution in [0.4, 0.5) is 0 Å². The van der Waals surface area contributed by atoms with E-state index < -0.39 is 0 Å². The van der Waals surface area contributed by atoms with Gasteiger partial charge in [0.25, 0.3) is 0 Å². The minimum absolute atomic E-state index is 0.242. The average Bonchev–Trinajstić information content (AvgIpc) is 1.89. The zero-order chi connectivity index (χ0) is 7.82. The quantitative estimate of drug-likeness (QED) is 0.392. The van der Waals surface area contributed by atoms with Crippen LogP contribution in [0.5, 0.6) is 0 Å². The molecule has 2 N–H and O–H groups in total. The molecule has 0 spiro atoms. The molecule has 0 aliphatic rings. The van der Waals surface area contributed by atoms with Crippen LogP contribution >= 0.6 is 21.9 Å². The number of nitrogens with two attached hydrogens (primary N) is 1. The summed E-state index contributed by atoms with van der Waals surface area (Å²) in [6.07, 6.45) is 0.303. The van der Waals surface area contributed by atoms with Crippen molar-refractivity contribution in [1.29, 1.82) is 0 Å². The van der Waals surface area contributed by atoms with Crippen LogP contribution < -0.4 is 5.73 Å². The monoisotopic (exact) mass is 181 g/mol. The fraction of sp³-hybridized carbons (Fsp3) is 0.800. The van der Waals surface area contributed by atoms with Crippen LogP contribution in [0, 0.1) is 0 Å². The first kappa shape index (κ1) is 10.1. The Morgan fingerprint density at radius 2 is 2.40 bits per heavy atom. The van der Waals surface area contributed by atoms with Gasteiger partial charge in [-0.05, 0) is 0 Å². The van der Waals surface area contributed by atoms with Gasteiger partial charge in [-0.25, -0.2) is 0 Å². The van der Waals surface area contributed by atoms with Gasteiger partial charge in [-0.2, -0.15) is 0 Å². The molecule has 0 aromatic heterocycles. The number of rotatable bonds is 5. The first-order valence-corrected chi connectivity index (χ1v) is 5.24. The normalized spacial score (nSPS) is 9.40. The average molecular weight is 181 g/mol. The molecule has 0 bridgehead atoms. The zero-order valence-electron chi connectivity index (χ0n) is 5.83. The molecule has 5 heteroatoms. The fourth-order valence-electron chi connectivity index (χ4n) is 0.270. The second-order valence-electron chi connectivity index (χ2n) is 1.47. The van der Waals surface area contributed by atoms with Gasteiger partial charge in [-0.1, -0.05) is 17.7 Å². The molecule has 0 aliphatic heterocycles. The highest BCUT2D eigenvalue weighted by molar-refractivity contribution is 8.75. The highest BCUT2D eigenvalue weighted by Gasteiger charge is 2.00. The maximum Gasteiger partial charge on any atom is 0.319 e. The number of carbonyl (C=O) groups is 1. The summed E-state index contributed by atoms with van der Waals surface area (Å²) in [5.41, 5.74) is 5.12. The lowest BCUT2D eigenvalue weighted by Gasteiger charge is -1.97. The van der Waals surface area contributed by atoms with Crippen LogP contribution in [-0.4, -0.2) is 18.3 Å². The highest BCUT2D eigenvalue weighted by Crippen LogP contribution is 2.21. The third-order valence-electron chi connectivity index (χ3n) is 0.641. The van der Waals surface area contributed by atoms with Crippen LogP contribution in [0.15, 0.2) is 0 Å². The first-order valence-electron chi connectivity index (χ1n) is 3.00. The predicted octanol–water partition coefficient (Wildman–Crippen LogP) is 1.19. The molecule has 0 unspecified atom stereocenters. The van der Waals surface area contributed by atoms with E-state index in [4.69, 9.17) is 5.73 Å². The van der Waals surface area contributed by atoms with Gasteiger partial charge in [0.05, 0.1) is 6.42 Å². The molecule has 0 fully saturated rings. The van der Waals surface area contributed by atoms with Gasteiger partial charge >= 0.3 is 5.97 Å². The summed E-state index contributed by atoms with van der Waals surface area (Å²) < 4.78 is 4.68. The smallest absolute Gasteiger partial charge is 0.319 e. The molecule has 0 aromatic carbocycles. The molecular weight excluding hydrogens is 170 g/mol. The maximum atomic E-state index is 10.6. The van der Waals surface area contributed by atoms with Crippen LogP contribution in [0.3, 0.4) is 0 Å². The Labute approximate surface area is 68.7 Å². The van der Waals surface area contributed by atoms with E-state index in [1.54, 1.807) is 0 Å². The Kier molecular flexibility index (Phi) is 7.33. The predicted molar refractivity (Wildman–Crippen MR) is 45.5 cm³/mol. The van der Waals surface area contributed by atoms with Crippen LogP contribution in [0.25, 0.3) is 0 Å². The fourth-order valence-corrected chi connectivity index (χ4v) is 1.23. The zero-order valence-corrected chi connectivity index (χ0v) is 7.46. The lowest BCUT2D eigenvalue weighted by Crippen LogP contribution is -2.07. The second-order valence-corrected chi connectivity index (χ2v) is 3.70. The van der Waals surface area contributed by atoms with Gasteiger partial charge in [-0.15, -0.1) is 0 Å². The SMILES string of the molecule is CCSSOC(=O)CCN. The van der Waals surface area contributed by atoms with E-state index in [-0.39, 0.29) is 5.97 Å². The lowest BCUT2D eigenvalue weighted by atomic mass is 10.5. The van der Waals surface area contributed by atoms with Crippen molar-refractivity contribution in [3.8, 4) is 0 Å². The molecule has 0 amide bonds. The van der Waals surface area contributed by atoms with Crippen molar-refractivity contribution in [2.24, 2.45) is 5.73 Å². The highest BCUT2D eigenvalue weighted by atomic mass is 33.1. The minimum Gasteiger partial charge on any atom is -0.379 e. The summed E-state index contributed by atoms with van der Waals surface area (Å²) in [5, 5.41) is 0. The van der Waals surface area contributed by atoms with Gasteiger partial charge < -0.3 is 9.92 Å². The second kappa shape index (κ2) is 7.24. The van der Waals surface area contributed by atoms with Crippen molar-refractivity contribution in [3.63, 3.8) is 0 Å². The van der Waals surface area contributed by atoms with E-state index in [1.807, 2.05) is 6.92 Å². The molecule has 0 aliphatic carbocycles. The molecule has 0 saturated heterocycles. The molecule has 3 nitrogen and oxygen atoms in total. The van der Waals surface area contributed by atoms with Crippen LogP contribution in [-0.2, 0) is 8.98 Å². The molecular formula is C5H11NO2S2. The summed E-state index contributed by atoms with van der Waals surface area (Å²) in [6, 6.07) is 0. The lowest BCUT2D eigenvalue weighted by molar-refractivity contribution is -0.132. The number of hydrogen-bond acceptors (Lipinski definition) is 5. The van der Waals surface area contributed by atoms with Gasteiger partial charge in [0.15, 0.2) is 0 Å². The summed E-state index contributed by atoms with van der Waals surface area (Å²) in [6.45, 7) is 2.35. The van der Waals surface area contributed by atoms with Gasteiger partial charge in [0.1, 0.15) is 11.1 Å². The van der Waals surface area contributed by atoms with Gasteiger partial charge in [-0.3, -0.25) is 4.79 Å². The molecule has 0 saturated carbocycles. The summed E-state index contributed by atoms with van der Waals surface area (Å²) >= 11 is 1.11. The van der Waals surface area contributed by atoms with E-state index in [9.17, 15) is 4.79 Å². The van der Waals surface area contributed by atoms with E-state index in [1.165, 1.54) is 10.8 Å². The van der Waals surface area contributed by atoms with E-state index in [2.05, 4.69) is 4.18 Å². The molecule has 0 aromatic rings. The van der Waals surface area contributed by atoms with E-state index in [0.29, 0.717) is 13.0 Å². The molecule has 0 heterocycles. The Morgan fingerprint density at radius 1 is 1.70 bits per heavy atom. The Morgan fingerprint density at radius 3 is 2.90 bits per heavy atom. The van der Waals surface area contributed by atoms with E-state index in [0.717, 1.165) is 16.8 Å². The molecule has 0 radical (unpaired) electrons. The van der Waals surface area contributed by atoms with Crippen LogP contribution in [0.1, 0.15) is 13.3 Å². The van der Waals surface area contributed by atoms with Crippen molar-refractivity contribution in [3.05, 3.63) is 0 Å². The van der Waals surface area contributed by atoms with Crippen molar-refractivity contribution in [2.45, 2.75) is 13.3 Å².